The zero-order valence-corrected chi connectivity index (χ0v) is 16.3. The molecule has 1 N–H and O–H groups in total. The summed E-state index contributed by atoms with van der Waals surface area (Å²) < 4.78 is 30.7. The molecule has 0 aliphatic heterocycles. The van der Waals surface area contributed by atoms with Crippen LogP contribution in [0.4, 0.5) is 5.69 Å². The molecule has 1 aromatic heterocycles. The molecule has 7 heteroatoms. The Morgan fingerprint density at radius 1 is 1.08 bits per heavy atom. The van der Waals surface area contributed by atoms with Gasteiger partial charge in [0.2, 0.25) is 0 Å². The van der Waals surface area contributed by atoms with Crippen molar-refractivity contribution < 1.29 is 8.42 Å². The lowest BCUT2D eigenvalue weighted by Crippen LogP contribution is -2.15. The van der Waals surface area contributed by atoms with Crippen LogP contribution in [0.2, 0.25) is 0 Å². The Morgan fingerprint density at radius 2 is 1.72 bits per heavy atom. The number of sulfonamides is 1. The van der Waals surface area contributed by atoms with Crippen LogP contribution in [0.1, 0.15) is 17.0 Å². The highest BCUT2D eigenvalue weighted by Gasteiger charge is 2.21. The molecule has 25 heavy (non-hydrogen) atoms. The lowest BCUT2D eigenvalue weighted by molar-refractivity contribution is 0.601. The first kappa shape index (κ1) is 17.7. The average Bonchev–Trinajstić information content (AvgIpc) is 2.83. The largest absolute Gasteiger partial charge is 0.276 e. The summed E-state index contributed by atoms with van der Waals surface area (Å²) in [6.45, 7) is 1.80. The van der Waals surface area contributed by atoms with E-state index >= 15 is 0 Å². The monoisotopic (exact) mass is 419 g/mol. The number of aromatic nitrogens is 2. The van der Waals surface area contributed by atoms with Crippen LogP contribution < -0.4 is 4.72 Å². The van der Waals surface area contributed by atoms with E-state index in [1.165, 1.54) is 0 Å². The molecule has 1 heterocycles. The van der Waals surface area contributed by atoms with Crippen LogP contribution in [0.15, 0.2) is 64.0 Å². The molecule has 3 rings (SSSR count). The molecular formula is C18H18BrN3O2S. The number of hydrogen-bond donors (Lipinski definition) is 1. The number of anilines is 1. The van der Waals surface area contributed by atoms with Crippen LogP contribution in [0.25, 0.3) is 0 Å². The van der Waals surface area contributed by atoms with Gasteiger partial charge in [0, 0.05) is 17.9 Å². The van der Waals surface area contributed by atoms with Gasteiger partial charge in [-0.15, -0.1) is 0 Å². The first-order chi connectivity index (χ1) is 11.9. The second kappa shape index (κ2) is 7.01. The van der Waals surface area contributed by atoms with E-state index in [1.54, 1.807) is 35.9 Å². The van der Waals surface area contributed by atoms with Crippen molar-refractivity contribution in [1.29, 1.82) is 0 Å². The van der Waals surface area contributed by atoms with Crippen LogP contribution >= 0.6 is 15.9 Å². The van der Waals surface area contributed by atoms with E-state index in [2.05, 4.69) is 25.8 Å². The molecule has 0 radical (unpaired) electrons. The molecule has 0 fully saturated rings. The Morgan fingerprint density at radius 3 is 2.36 bits per heavy atom. The van der Waals surface area contributed by atoms with Gasteiger partial charge in [0.1, 0.15) is 0 Å². The fourth-order valence-corrected chi connectivity index (χ4v) is 4.05. The highest BCUT2D eigenvalue weighted by Crippen LogP contribution is 2.26. The third-order valence-electron chi connectivity index (χ3n) is 3.92. The summed E-state index contributed by atoms with van der Waals surface area (Å²) in [5.74, 6) is 0. The van der Waals surface area contributed by atoms with Gasteiger partial charge in [-0.2, -0.15) is 5.10 Å². The van der Waals surface area contributed by atoms with Crippen LogP contribution in [0, 0.1) is 6.92 Å². The Bertz CT molecular complexity index is 981. The van der Waals surface area contributed by atoms with E-state index in [9.17, 15) is 8.42 Å². The van der Waals surface area contributed by atoms with Crippen LogP contribution in [-0.4, -0.2) is 18.2 Å². The number of nitrogens with zero attached hydrogens (tertiary/aromatic N) is 2. The van der Waals surface area contributed by atoms with Crippen LogP contribution in [0.3, 0.4) is 0 Å². The summed E-state index contributed by atoms with van der Waals surface area (Å²) in [6, 6.07) is 16.4. The van der Waals surface area contributed by atoms with Crippen molar-refractivity contribution in [3.05, 3.63) is 76.0 Å². The third kappa shape index (κ3) is 3.93. The van der Waals surface area contributed by atoms with E-state index in [1.807, 2.05) is 37.4 Å². The van der Waals surface area contributed by atoms with Gasteiger partial charge < -0.3 is 0 Å². The molecule has 2 aromatic carbocycles. The summed E-state index contributed by atoms with van der Waals surface area (Å²) in [6.07, 6.45) is 0.594. The van der Waals surface area contributed by atoms with Crippen molar-refractivity contribution in [2.24, 2.45) is 7.05 Å². The van der Waals surface area contributed by atoms with Crippen molar-refractivity contribution in [1.82, 2.24) is 9.78 Å². The highest BCUT2D eigenvalue weighted by molar-refractivity contribution is 9.10. The van der Waals surface area contributed by atoms with E-state index in [0.717, 1.165) is 15.7 Å². The van der Waals surface area contributed by atoms with Gasteiger partial charge >= 0.3 is 0 Å². The Kier molecular flexibility index (Phi) is 4.96. The molecule has 0 spiro atoms. The average molecular weight is 420 g/mol. The molecule has 0 amide bonds. The molecular weight excluding hydrogens is 402 g/mol. The van der Waals surface area contributed by atoms with Gasteiger partial charge in [-0.1, -0.05) is 46.3 Å². The molecule has 130 valence electrons. The smallest absolute Gasteiger partial charge is 0.262 e. The molecule has 5 nitrogen and oxygen atoms in total. The lowest BCUT2D eigenvalue weighted by atomic mass is 10.1. The predicted molar refractivity (Wildman–Crippen MR) is 102 cm³/mol. The summed E-state index contributed by atoms with van der Waals surface area (Å²) in [5, 5.41) is 4.38. The standard InChI is InChI=1S/C18H18BrN3O2S/c1-13-18(21-25(23,24)16-10-8-15(19)9-11-16)17(22(2)20-13)12-14-6-4-3-5-7-14/h3-11,21H,12H2,1-2H3. The van der Waals surface area contributed by atoms with Crippen molar-refractivity contribution in [2.45, 2.75) is 18.2 Å². The molecule has 0 atom stereocenters. The van der Waals surface area contributed by atoms with Gasteiger partial charge in [0.05, 0.1) is 22.0 Å². The first-order valence-electron chi connectivity index (χ1n) is 7.71. The number of halogens is 1. The number of aryl methyl sites for hydroxylation is 2. The number of benzene rings is 2. The second-order valence-electron chi connectivity index (χ2n) is 5.75. The van der Waals surface area contributed by atoms with Crippen LogP contribution in [0.5, 0.6) is 0 Å². The minimum absolute atomic E-state index is 0.213. The molecule has 0 aliphatic rings. The summed E-state index contributed by atoms with van der Waals surface area (Å²) in [5.41, 5.74) is 3.10. The minimum Gasteiger partial charge on any atom is -0.276 e. The second-order valence-corrected chi connectivity index (χ2v) is 8.35. The highest BCUT2D eigenvalue weighted by atomic mass is 79.9. The molecule has 0 bridgehead atoms. The van der Waals surface area contributed by atoms with Gasteiger partial charge in [0.15, 0.2) is 0 Å². The quantitative estimate of drug-likeness (QED) is 0.682. The molecule has 0 saturated heterocycles. The predicted octanol–water partition coefficient (Wildman–Crippen LogP) is 3.88. The van der Waals surface area contributed by atoms with Gasteiger partial charge in [-0.25, -0.2) is 8.42 Å². The van der Waals surface area contributed by atoms with Crippen LogP contribution in [-0.2, 0) is 23.5 Å². The maximum absolute atomic E-state index is 12.7. The third-order valence-corrected chi connectivity index (χ3v) is 5.81. The lowest BCUT2D eigenvalue weighted by Gasteiger charge is -2.11. The first-order valence-corrected chi connectivity index (χ1v) is 9.99. The van der Waals surface area contributed by atoms with Crippen molar-refractivity contribution in [3.8, 4) is 0 Å². The maximum Gasteiger partial charge on any atom is 0.262 e. The Hall–Kier alpha value is -2.12. The topological polar surface area (TPSA) is 64.0 Å². The number of hydrogen-bond acceptors (Lipinski definition) is 3. The molecule has 3 aromatic rings. The fraction of sp³-hybridized carbons (Fsp3) is 0.167. The maximum atomic E-state index is 12.7. The van der Waals surface area contributed by atoms with Crippen molar-refractivity contribution >= 4 is 31.6 Å². The van der Waals surface area contributed by atoms with E-state index in [4.69, 9.17) is 0 Å². The summed E-state index contributed by atoms with van der Waals surface area (Å²) >= 11 is 3.31. The SMILES string of the molecule is Cc1nn(C)c(Cc2ccccc2)c1NS(=O)(=O)c1ccc(Br)cc1. The Labute approximate surface area is 155 Å². The number of rotatable bonds is 5. The van der Waals surface area contributed by atoms with E-state index in [0.29, 0.717) is 17.8 Å². The number of nitrogens with one attached hydrogen (secondary N) is 1. The van der Waals surface area contributed by atoms with Crippen molar-refractivity contribution in [2.75, 3.05) is 4.72 Å². The Balaban J connectivity index is 1.96. The van der Waals surface area contributed by atoms with Gasteiger partial charge in [-0.05, 0) is 36.8 Å². The normalized spacial score (nSPS) is 11.5. The molecule has 0 aliphatic carbocycles. The zero-order valence-electron chi connectivity index (χ0n) is 13.9. The summed E-state index contributed by atoms with van der Waals surface area (Å²) in [4.78, 5) is 0.213. The minimum atomic E-state index is -3.68. The van der Waals surface area contributed by atoms with E-state index < -0.39 is 10.0 Å². The molecule has 0 unspecified atom stereocenters. The van der Waals surface area contributed by atoms with Gasteiger partial charge in [-0.3, -0.25) is 9.40 Å². The van der Waals surface area contributed by atoms with E-state index in [-0.39, 0.29) is 4.90 Å². The zero-order chi connectivity index (χ0) is 18.0. The summed E-state index contributed by atoms with van der Waals surface area (Å²) in [7, 11) is -1.86. The van der Waals surface area contributed by atoms with Crippen molar-refractivity contribution in [3.63, 3.8) is 0 Å². The molecule has 0 saturated carbocycles. The van der Waals surface area contributed by atoms with Gasteiger partial charge in [0.25, 0.3) is 10.0 Å². The fourth-order valence-electron chi connectivity index (χ4n) is 2.64.